The van der Waals surface area contributed by atoms with Crippen LogP contribution in [0.4, 0.5) is 5.69 Å². The van der Waals surface area contributed by atoms with Gasteiger partial charge in [-0.2, -0.15) is 4.98 Å². The summed E-state index contributed by atoms with van der Waals surface area (Å²) in [5, 5.41) is 3.54. The second-order valence-corrected chi connectivity index (χ2v) is 3.03. The number of nitrogens with two attached hydrogens (primary N) is 1. The van der Waals surface area contributed by atoms with Gasteiger partial charge in [-0.1, -0.05) is 23.4 Å². The molecule has 1 aromatic carbocycles. The van der Waals surface area contributed by atoms with Crippen molar-refractivity contribution in [2.45, 2.75) is 12.8 Å². The van der Waals surface area contributed by atoms with E-state index in [4.69, 9.17) is 10.3 Å². The zero-order valence-corrected chi connectivity index (χ0v) is 7.68. The van der Waals surface area contributed by atoms with Crippen LogP contribution in [0.15, 0.2) is 35.1 Å². The van der Waals surface area contributed by atoms with Crippen molar-refractivity contribution >= 4 is 5.69 Å². The van der Waals surface area contributed by atoms with Crippen LogP contribution in [0.5, 0.6) is 0 Å². The minimum absolute atomic E-state index is 0.647. The van der Waals surface area contributed by atoms with E-state index in [0.29, 0.717) is 5.89 Å². The molecular weight excluding hydrogens is 178 g/mol. The van der Waals surface area contributed by atoms with Crippen molar-refractivity contribution in [1.82, 2.24) is 10.1 Å². The number of hydrogen-bond donors (Lipinski definition) is 1. The van der Waals surface area contributed by atoms with Crippen LogP contribution >= 0.6 is 0 Å². The number of aromatic nitrogens is 2. The zero-order valence-electron chi connectivity index (χ0n) is 7.68. The molecule has 4 nitrogen and oxygen atoms in total. The van der Waals surface area contributed by atoms with E-state index in [1.807, 2.05) is 24.3 Å². The largest absolute Gasteiger partial charge is 0.399 e. The van der Waals surface area contributed by atoms with E-state index >= 15 is 0 Å². The molecule has 0 saturated carbocycles. The van der Waals surface area contributed by atoms with Gasteiger partial charge >= 0.3 is 0 Å². The highest BCUT2D eigenvalue weighted by Gasteiger charge is 2.02. The third-order valence-corrected chi connectivity index (χ3v) is 2.07. The number of nitrogen functional groups attached to an aromatic ring is 1. The quantitative estimate of drug-likeness (QED) is 0.742. The van der Waals surface area contributed by atoms with Crippen molar-refractivity contribution in [2.24, 2.45) is 0 Å². The van der Waals surface area contributed by atoms with Gasteiger partial charge in [0.1, 0.15) is 0 Å². The highest BCUT2D eigenvalue weighted by Crippen LogP contribution is 2.12. The Balaban J connectivity index is 2.02. The van der Waals surface area contributed by atoms with Crippen LogP contribution < -0.4 is 5.73 Å². The van der Waals surface area contributed by atoms with Crippen LogP contribution in [0.1, 0.15) is 11.5 Å². The molecule has 2 rings (SSSR count). The SMILES string of the molecule is Nc1ccccc1CCc1ncno1. The lowest BCUT2D eigenvalue weighted by molar-refractivity contribution is 0.377. The molecule has 72 valence electrons. The minimum Gasteiger partial charge on any atom is -0.399 e. The van der Waals surface area contributed by atoms with Crippen molar-refractivity contribution < 1.29 is 4.52 Å². The van der Waals surface area contributed by atoms with Gasteiger partial charge in [-0.25, -0.2) is 0 Å². The third-order valence-electron chi connectivity index (χ3n) is 2.07. The van der Waals surface area contributed by atoms with E-state index in [1.165, 1.54) is 6.33 Å². The van der Waals surface area contributed by atoms with E-state index in [-0.39, 0.29) is 0 Å². The Hall–Kier alpha value is -1.84. The van der Waals surface area contributed by atoms with Crippen molar-refractivity contribution in [3.63, 3.8) is 0 Å². The number of para-hydroxylation sites is 1. The molecule has 0 saturated heterocycles. The minimum atomic E-state index is 0.647. The number of nitrogens with zero attached hydrogens (tertiary/aromatic N) is 2. The number of benzene rings is 1. The zero-order chi connectivity index (χ0) is 9.80. The fraction of sp³-hybridized carbons (Fsp3) is 0.200. The monoisotopic (exact) mass is 189 g/mol. The van der Waals surface area contributed by atoms with Gasteiger partial charge in [0.15, 0.2) is 6.33 Å². The Morgan fingerprint density at radius 3 is 2.79 bits per heavy atom. The maximum Gasteiger partial charge on any atom is 0.226 e. The van der Waals surface area contributed by atoms with Crippen LogP contribution in [0.3, 0.4) is 0 Å². The first-order valence-electron chi connectivity index (χ1n) is 4.45. The Morgan fingerprint density at radius 2 is 2.07 bits per heavy atom. The third kappa shape index (κ3) is 1.90. The molecule has 0 aliphatic carbocycles. The van der Waals surface area contributed by atoms with Crippen molar-refractivity contribution in [3.05, 3.63) is 42.0 Å². The molecule has 1 aromatic heterocycles. The van der Waals surface area contributed by atoms with E-state index in [0.717, 1.165) is 24.1 Å². The summed E-state index contributed by atoms with van der Waals surface area (Å²) in [5.41, 5.74) is 7.72. The second-order valence-electron chi connectivity index (χ2n) is 3.03. The van der Waals surface area contributed by atoms with Gasteiger partial charge in [-0.3, -0.25) is 0 Å². The molecule has 4 heteroatoms. The maximum absolute atomic E-state index is 5.79. The summed E-state index contributed by atoms with van der Waals surface area (Å²) in [4.78, 5) is 3.94. The predicted octanol–water partition coefficient (Wildman–Crippen LogP) is 1.44. The number of rotatable bonds is 3. The molecule has 0 aliphatic rings. The maximum atomic E-state index is 5.79. The molecule has 0 fully saturated rings. The molecule has 0 bridgehead atoms. The lowest BCUT2D eigenvalue weighted by atomic mass is 10.1. The van der Waals surface area contributed by atoms with Gasteiger partial charge < -0.3 is 10.3 Å². The van der Waals surface area contributed by atoms with Crippen LogP contribution in [-0.2, 0) is 12.8 Å². The fourth-order valence-corrected chi connectivity index (χ4v) is 1.31. The normalized spacial score (nSPS) is 10.3. The molecule has 0 spiro atoms. The first kappa shape index (κ1) is 8.74. The number of aryl methyl sites for hydroxylation is 2. The van der Waals surface area contributed by atoms with Crippen molar-refractivity contribution in [2.75, 3.05) is 5.73 Å². The highest BCUT2D eigenvalue weighted by molar-refractivity contribution is 5.46. The summed E-state index contributed by atoms with van der Waals surface area (Å²) in [6, 6.07) is 7.79. The van der Waals surface area contributed by atoms with Gasteiger partial charge in [0.25, 0.3) is 0 Å². The molecule has 1 heterocycles. The lowest BCUT2D eigenvalue weighted by Crippen LogP contribution is -1.96. The van der Waals surface area contributed by atoms with Gasteiger partial charge in [0.05, 0.1) is 0 Å². The van der Waals surface area contributed by atoms with Gasteiger partial charge in [-0.05, 0) is 18.1 Å². The topological polar surface area (TPSA) is 64.9 Å². The Labute approximate surface area is 81.7 Å². The highest BCUT2D eigenvalue weighted by atomic mass is 16.5. The smallest absolute Gasteiger partial charge is 0.226 e. The molecule has 0 aliphatic heterocycles. The summed E-state index contributed by atoms with van der Waals surface area (Å²) in [6.45, 7) is 0. The van der Waals surface area contributed by atoms with E-state index in [9.17, 15) is 0 Å². The Bertz CT molecular complexity index is 398. The standard InChI is InChI=1S/C10H11N3O/c11-9-4-2-1-3-8(9)5-6-10-12-7-13-14-10/h1-4,7H,5-6,11H2. The molecular formula is C10H11N3O. The average molecular weight is 189 g/mol. The molecule has 0 unspecified atom stereocenters. The molecule has 14 heavy (non-hydrogen) atoms. The van der Waals surface area contributed by atoms with Gasteiger partial charge in [-0.15, -0.1) is 0 Å². The molecule has 0 amide bonds. The first-order valence-corrected chi connectivity index (χ1v) is 4.45. The Kier molecular flexibility index (Phi) is 2.44. The fourth-order valence-electron chi connectivity index (χ4n) is 1.31. The average Bonchev–Trinajstić information content (AvgIpc) is 2.69. The summed E-state index contributed by atoms with van der Waals surface area (Å²) in [5.74, 6) is 0.647. The second kappa shape index (κ2) is 3.91. The van der Waals surface area contributed by atoms with Crippen molar-refractivity contribution in [3.8, 4) is 0 Å². The van der Waals surface area contributed by atoms with Crippen molar-refractivity contribution in [1.29, 1.82) is 0 Å². The van der Waals surface area contributed by atoms with E-state index in [2.05, 4.69) is 10.1 Å². The van der Waals surface area contributed by atoms with E-state index in [1.54, 1.807) is 0 Å². The summed E-state index contributed by atoms with van der Waals surface area (Å²) < 4.78 is 4.89. The first-order chi connectivity index (χ1) is 6.86. The van der Waals surface area contributed by atoms with Crippen LogP contribution in [0.2, 0.25) is 0 Å². The van der Waals surface area contributed by atoms with Gasteiger partial charge in [0.2, 0.25) is 5.89 Å². The van der Waals surface area contributed by atoms with Crippen LogP contribution in [-0.4, -0.2) is 10.1 Å². The molecule has 2 N–H and O–H groups in total. The predicted molar refractivity (Wildman–Crippen MR) is 52.6 cm³/mol. The molecule has 2 aromatic rings. The van der Waals surface area contributed by atoms with Crippen LogP contribution in [0.25, 0.3) is 0 Å². The summed E-state index contributed by atoms with van der Waals surface area (Å²) in [6.07, 6.45) is 2.97. The van der Waals surface area contributed by atoms with Gasteiger partial charge in [0, 0.05) is 12.1 Å². The lowest BCUT2D eigenvalue weighted by Gasteiger charge is -2.02. The number of anilines is 1. The Morgan fingerprint density at radius 1 is 1.21 bits per heavy atom. The molecule has 0 radical (unpaired) electrons. The van der Waals surface area contributed by atoms with E-state index < -0.39 is 0 Å². The molecule has 0 atom stereocenters. The summed E-state index contributed by atoms with van der Waals surface area (Å²) >= 11 is 0. The van der Waals surface area contributed by atoms with Crippen LogP contribution in [0, 0.1) is 0 Å². The number of hydrogen-bond acceptors (Lipinski definition) is 4. The summed E-state index contributed by atoms with van der Waals surface area (Å²) in [7, 11) is 0.